The van der Waals surface area contributed by atoms with Gasteiger partial charge in [0.25, 0.3) is 0 Å². The van der Waals surface area contributed by atoms with Crippen molar-refractivity contribution in [3.63, 3.8) is 0 Å². The third kappa shape index (κ3) is 2.91. The van der Waals surface area contributed by atoms with Crippen LogP contribution in [0.1, 0.15) is 18.7 Å². The van der Waals surface area contributed by atoms with Crippen LogP contribution in [0, 0.1) is 0 Å². The van der Waals surface area contributed by atoms with Crippen molar-refractivity contribution in [2.45, 2.75) is 13.0 Å². The Hall–Kier alpha value is -1.33. The highest BCUT2D eigenvalue weighted by atomic mass is 32.2. The first-order chi connectivity index (χ1) is 8.86. The van der Waals surface area contributed by atoms with Crippen LogP contribution >= 0.6 is 11.8 Å². The van der Waals surface area contributed by atoms with Crippen LogP contribution in [0.2, 0.25) is 0 Å². The van der Waals surface area contributed by atoms with E-state index in [0.717, 1.165) is 23.7 Å². The molecule has 0 aliphatic rings. The van der Waals surface area contributed by atoms with Gasteiger partial charge in [-0.05, 0) is 24.9 Å². The van der Waals surface area contributed by atoms with E-state index in [1.807, 2.05) is 53.0 Å². The van der Waals surface area contributed by atoms with Gasteiger partial charge < -0.3 is 5.32 Å². The minimum absolute atomic E-state index is 0.278. The number of nitrogens with zero attached hydrogens (tertiary/aromatic N) is 3. The number of hydrogen-bond acceptors (Lipinski definition) is 4. The maximum absolute atomic E-state index is 4.19. The highest BCUT2D eigenvalue weighted by molar-refractivity contribution is 7.98. The minimum Gasteiger partial charge on any atom is -0.308 e. The van der Waals surface area contributed by atoms with Crippen LogP contribution in [0.25, 0.3) is 5.69 Å². The second-order valence-electron chi connectivity index (χ2n) is 3.97. The van der Waals surface area contributed by atoms with Crippen LogP contribution in [0.4, 0.5) is 0 Å². The zero-order valence-electron chi connectivity index (χ0n) is 10.7. The Morgan fingerprint density at radius 2 is 2.11 bits per heavy atom. The topological polar surface area (TPSA) is 42.7 Å². The van der Waals surface area contributed by atoms with Crippen molar-refractivity contribution in [2.75, 3.05) is 18.6 Å². The van der Waals surface area contributed by atoms with Crippen molar-refractivity contribution >= 4 is 11.8 Å². The van der Waals surface area contributed by atoms with E-state index >= 15 is 0 Å². The normalized spacial score (nSPS) is 12.6. The first kappa shape index (κ1) is 13.1. The summed E-state index contributed by atoms with van der Waals surface area (Å²) < 4.78 is 1.91. The van der Waals surface area contributed by atoms with Crippen LogP contribution in [0.3, 0.4) is 0 Å². The van der Waals surface area contributed by atoms with Gasteiger partial charge in [0, 0.05) is 5.75 Å². The van der Waals surface area contributed by atoms with Gasteiger partial charge in [0.05, 0.1) is 23.6 Å². The third-order valence-electron chi connectivity index (χ3n) is 2.72. The van der Waals surface area contributed by atoms with Gasteiger partial charge in [0.1, 0.15) is 0 Å². The van der Waals surface area contributed by atoms with Crippen LogP contribution in [0.15, 0.2) is 36.5 Å². The molecule has 1 atom stereocenters. The second-order valence-corrected chi connectivity index (χ2v) is 4.88. The van der Waals surface area contributed by atoms with E-state index in [4.69, 9.17) is 0 Å². The first-order valence-corrected chi connectivity index (χ1v) is 7.44. The number of hydrogen-bond donors (Lipinski definition) is 1. The van der Waals surface area contributed by atoms with E-state index in [2.05, 4.69) is 28.8 Å². The molecule has 0 amide bonds. The molecule has 4 nitrogen and oxygen atoms in total. The monoisotopic (exact) mass is 262 g/mol. The summed E-state index contributed by atoms with van der Waals surface area (Å²) in [5.74, 6) is 1.01. The minimum atomic E-state index is 0.278. The second kappa shape index (κ2) is 6.56. The maximum atomic E-state index is 4.19. The SMILES string of the molecule is CCNC(CSC)c1cnnn1-c1ccccc1. The number of aromatic nitrogens is 3. The number of benzene rings is 1. The molecule has 0 aliphatic carbocycles. The standard InChI is InChI=1S/C13H18N4S/c1-3-14-12(10-18-2)13-9-15-16-17(13)11-7-5-4-6-8-11/h4-9,12,14H,3,10H2,1-2H3. The fourth-order valence-electron chi connectivity index (χ4n) is 1.91. The van der Waals surface area contributed by atoms with Gasteiger partial charge >= 0.3 is 0 Å². The molecule has 0 saturated carbocycles. The summed E-state index contributed by atoms with van der Waals surface area (Å²) >= 11 is 1.82. The smallest absolute Gasteiger partial charge is 0.0823 e. The van der Waals surface area contributed by atoms with Crippen LogP contribution in [0.5, 0.6) is 0 Å². The van der Waals surface area contributed by atoms with E-state index in [-0.39, 0.29) is 6.04 Å². The molecule has 0 radical (unpaired) electrons. The molecular weight excluding hydrogens is 244 g/mol. The van der Waals surface area contributed by atoms with Crippen molar-refractivity contribution in [2.24, 2.45) is 0 Å². The predicted octanol–water partition coefficient (Wildman–Crippen LogP) is 2.28. The molecule has 1 heterocycles. The average molecular weight is 262 g/mol. The van der Waals surface area contributed by atoms with E-state index in [1.165, 1.54) is 0 Å². The summed E-state index contributed by atoms with van der Waals surface area (Å²) in [6.07, 6.45) is 3.96. The Labute approximate surface area is 112 Å². The molecule has 1 aromatic heterocycles. The van der Waals surface area contributed by atoms with Crippen molar-refractivity contribution < 1.29 is 0 Å². The van der Waals surface area contributed by atoms with Gasteiger partial charge in [0.2, 0.25) is 0 Å². The largest absolute Gasteiger partial charge is 0.308 e. The fraction of sp³-hybridized carbons (Fsp3) is 0.385. The van der Waals surface area contributed by atoms with Crippen molar-refractivity contribution in [1.29, 1.82) is 0 Å². The molecule has 0 bridgehead atoms. The van der Waals surface area contributed by atoms with Crippen LogP contribution < -0.4 is 5.32 Å². The van der Waals surface area contributed by atoms with Gasteiger partial charge in [-0.15, -0.1) is 5.10 Å². The highest BCUT2D eigenvalue weighted by Crippen LogP contribution is 2.19. The number of thioether (sulfide) groups is 1. The number of rotatable bonds is 6. The van der Waals surface area contributed by atoms with Crippen molar-refractivity contribution in [3.8, 4) is 5.69 Å². The molecule has 18 heavy (non-hydrogen) atoms. The van der Waals surface area contributed by atoms with Crippen molar-refractivity contribution in [3.05, 3.63) is 42.2 Å². The predicted molar refractivity (Wildman–Crippen MR) is 76.2 cm³/mol. The van der Waals surface area contributed by atoms with Gasteiger partial charge in [-0.25, -0.2) is 4.68 Å². The molecule has 2 rings (SSSR count). The first-order valence-electron chi connectivity index (χ1n) is 6.05. The molecule has 0 saturated heterocycles. The van der Waals surface area contributed by atoms with E-state index in [9.17, 15) is 0 Å². The zero-order valence-corrected chi connectivity index (χ0v) is 11.5. The summed E-state index contributed by atoms with van der Waals surface area (Å²) in [4.78, 5) is 0. The van der Waals surface area contributed by atoms with Crippen LogP contribution in [-0.4, -0.2) is 33.5 Å². The Balaban J connectivity index is 2.31. The summed E-state index contributed by atoms with van der Waals surface area (Å²) in [5, 5.41) is 11.7. The fourth-order valence-corrected chi connectivity index (χ4v) is 2.53. The van der Waals surface area contributed by atoms with Gasteiger partial charge in [-0.1, -0.05) is 30.3 Å². The lowest BCUT2D eigenvalue weighted by Gasteiger charge is -2.17. The molecule has 2 aromatic rings. The summed E-state index contributed by atoms with van der Waals surface area (Å²) in [5.41, 5.74) is 2.16. The molecule has 0 fully saturated rings. The van der Waals surface area contributed by atoms with Crippen molar-refractivity contribution in [1.82, 2.24) is 20.3 Å². The van der Waals surface area contributed by atoms with Gasteiger partial charge in [0.15, 0.2) is 0 Å². The summed E-state index contributed by atoms with van der Waals surface area (Å²) in [6.45, 7) is 3.05. The summed E-state index contributed by atoms with van der Waals surface area (Å²) in [6, 6.07) is 10.4. The molecule has 0 spiro atoms. The average Bonchev–Trinajstić information content (AvgIpc) is 2.88. The van der Waals surface area contributed by atoms with Gasteiger partial charge in [-0.2, -0.15) is 11.8 Å². The number of para-hydroxylation sites is 1. The maximum Gasteiger partial charge on any atom is 0.0823 e. The molecule has 96 valence electrons. The number of nitrogens with one attached hydrogen (secondary N) is 1. The molecule has 1 aromatic carbocycles. The molecule has 1 N–H and O–H groups in total. The molecule has 5 heteroatoms. The van der Waals surface area contributed by atoms with Crippen LogP contribution in [-0.2, 0) is 0 Å². The third-order valence-corrected chi connectivity index (χ3v) is 3.38. The molecule has 0 aliphatic heterocycles. The Morgan fingerprint density at radius 3 is 2.78 bits per heavy atom. The lowest BCUT2D eigenvalue weighted by atomic mass is 10.2. The van der Waals surface area contributed by atoms with E-state index < -0.39 is 0 Å². The zero-order chi connectivity index (χ0) is 12.8. The van der Waals surface area contributed by atoms with E-state index in [1.54, 1.807) is 0 Å². The lowest BCUT2D eigenvalue weighted by Crippen LogP contribution is -2.25. The lowest BCUT2D eigenvalue weighted by molar-refractivity contribution is 0.570. The van der Waals surface area contributed by atoms with Gasteiger partial charge in [-0.3, -0.25) is 0 Å². The molecular formula is C13H18N4S. The van der Waals surface area contributed by atoms with E-state index in [0.29, 0.717) is 0 Å². The molecule has 1 unspecified atom stereocenters. The Bertz CT molecular complexity index is 463. The Kier molecular flexibility index (Phi) is 4.78. The quantitative estimate of drug-likeness (QED) is 0.867. The Morgan fingerprint density at radius 1 is 1.33 bits per heavy atom. The summed E-state index contributed by atoms with van der Waals surface area (Å²) in [7, 11) is 0. The highest BCUT2D eigenvalue weighted by Gasteiger charge is 2.16.